The van der Waals surface area contributed by atoms with Crippen LogP contribution in [0.5, 0.6) is 0 Å². The Morgan fingerprint density at radius 1 is 1.32 bits per heavy atom. The summed E-state index contributed by atoms with van der Waals surface area (Å²) in [4.78, 5) is 29.2. The first-order valence-corrected chi connectivity index (χ1v) is 9.53. The summed E-state index contributed by atoms with van der Waals surface area (Å²) in [5.74, 6) is 1.02. The molecule has 0 N–H and O–H groups in total. The minimum absolute atomic E-state index is 0.103. The van der Waals surface area contributed by atoms with E-state index in [1.807, 2.05) is 4.90 Å². The van der Waals surface area contributed by atoms with E-state index >= 15 is 0 Å². The summed E-state index contributed by atoms with van der Waals surface area (Å²) >= 11 is 1.48. The minimum Gasteiger partial charge on any atom is -0.347 e. The molecule has 0 saturated carbocycles. The number of amides is 1. The minimum atomic E-state index is 0.103. The zero-order chi connectivity index (χ0) is 17.6. The van der Waals surface area contributed by atoms with Gasteiger partial charge >= 0.3 is 0 Å². The molecule has 1 amide bonds. The van der Waals surface area contributed by atoms with E-state index < -0.39 is 0 Å². The van der Waals surface area contributed by atoms with E-state index in [-0.39, 0.29) is 11.9 Å². The number of carbonyl (C=O) groups excluding carboxylic acids is 1. The fourth-order valence-corrected chi connectivity index (χ4v) is 4.01. The van der Waals surface area contributed by atoms with Gasteiger partial charge in [0.05, 0.1) is 0 Å². The second-order valence-corrected chi connectivity index (χ2v) is 7.04. The second-order valence-electron chi connectivity index (χ2n) is 6.31. The molecule has 25 heavy (non-hydrogen) atoms. The summed E-state index contributed by atoms with van der Waals surface area (Å²) in [6, 6.07) is 0.237. The number of hydrogen-bond donors (Lipinski definition) is 0. The van der Waals surface area contributed by atoms with E-state index in [4.69, 9.17) is 0 Å². The smallest absolute Gasteiger partial charge is 0.219 e. The molecule has 2 aromatic rings. The van der Waals surface area contributed by atoms with Gasteiger partial charge in [0.25, 0.3) is 0 Å². The quantitative estimate of drug-likeness (QED) is 0.814. The lowest BCUT2D eigenvalue weighted by atomic mass is 10.1. The van der Waals surface area contributed by atoms with Crippen LogP contribution < -0.4 is 4.90 Å². The molecule has 0 aromatic carbocycles. The predicted octanol–water partition coefficient (Wildman–Crippen LogP) is 2.30. The number of rotatable bonds is 5. The van der Waals surface area contributed by atoms with Gasteiger partial charge in [-0.1, -0.05) is 6.92 Å². The van der Waals surface area contributed by atoms with Crippen molar-refractivity contribution in [2.45, 2.75) is 52.1 Å². The van der Waals surface area contributed by atoms with Crippen LogP contribution in [-0.2, 0) is 17.8 Å². The zero-order valence-corrected chi connectivity index (χ0v) is 15.6. The third kappa shape index (κ3) is 4.50. The summed E-state index contributed by atoms with van der Waals surface area (Å²) < 4.78 is 4.39. The van der Waals surface area contributed by atoms with Crippen molar-refractivity contribution in [3.63, 3.8) is 0 Å². The molecular formula is C17H24N6OS. The van der Waals surface area contributed by atoms with Crippen LogP contribution in [0.2, 0.25) is 0 Å². The van der Waals surface area contributed by atoms with Gasteiger partial charge in [-0.2, -0.15) is 4.37 Å². The molecule has 3 heterocycles. The van der Waals surface area contributed by atoms with Crippen LogP contribution in [0, 0.1) is 0 Å². The SMILES string of the molecule is CCc1nsc(N2CCC[C@H](N(Cc3cncnc3)C(C)=O)CC2)n1. The topological polar surface area (TPSA) is 75.1 Å². The molecule has 0 bridgehead atoms. The van der Waals surface area contributed by atoms with Crippen molar-refractivity contribution < 1.29 is 4.79 Å². The highest BCUT2D eigenvalue weighted by Gasteiger charge is 2.26. The van der Waals surface area contributed by atoms with Gasteiger partial charge in [0, 0.05) is 68.5 Å². The monoisotopic (exact) mass is 360 g/mol. The molecule has 134 valence electrons. The Hall–Kier alpha value is -2.09. The van der Waals surface area contributed by atoms with Crippen LogP contribution in [0.25, 0.3) is 0 Å². The standard InChI is InChI=1S/C17H24N6OS/c1-3-16-20-17(25-21-16)22-7-4-5-15(6-8-22)23(13(2)24)11-14-9-18-12-19-10-14/h9-10,12,15H,3-8,11H2,1-2H3/t15-/m0/s1. The lowest BCUT2D eigenvalue weighted by Gasteiger charge is -2.30. The van der Waals surface area contributed by atoms with Crippen molar-refractivity contribution in [1.29, 1.82) is 0 Å². The maximum absolute atomic E-state index is 12.2. The highest BCUT2D eigenvalue weighted by molar-refractivity contribution is 7.09. The van der Waals surface area contributed by atoms with E-state index in [9.17, 15) is 4.79 Å². The Kier molecular flexibility index (Phi) is 5.91. The van der Waals surface area contributed by atoms with Crippen molar-refractivity contribution in [3.05, 3.63) is 30.1 Å². The molecule has 0 radical (unpaired) electrons. The number of nitrogens with zero attached hydrogens (tertiary/aromatic N) is 6. The molecule has 1 fully saturated rings. The van der Waals surface area contributed by atoms with Crippen LogP contribution in [0.4, 0.5) is 5.13 Å². The number of carbonyl (C=O) groups is 1. The van der Waals surface area contributed by atoms with Crippen molar-refractivity contribution in [2.24, 2.45) is 0 Å². The predicted molar refractivity (Wildman–Crippen MR) is 97.4 cm³/mol. The van der Waals surface area contributed by atoms with Crippen molar-refractivity contribution in [1.82, 2.24) is 24.2 Å². The van der Waals surface area contributed by atoms with Crippen molar-refractivity contribution in [3.8, 4) is 0 Å². The number of anilines is 1. The maximum Gasteiger partial charge on any atom is 0.219 e. The Balaban J connectivity index is 1.66. The zero-order valence-electron chi connectivity index (χ0n) is 14.8. The van der Waals surface area contributed by atoms with Crippen LogP contribution in [0.1, 0.15) is 44.5 Å². The molecule has 1 atom stereocenters. The summed E-state index contributed by atoms with van der Waals surface area (Å²) in [7, 11) is 0. The second kappa shape index (κ2) is 8.33. The number of aryl methyl sites for hydroxylation is 1. The summed E-state index contributed by atoms with van der Waals surface area (Å²) in [5.41, 5.74) is 0.968. The first-order chi connectivity index (χ1) is 12.2. The lowest BCUT2D eigenvalue weighted by Crippen LogP contribution is -2.39. The van der Waals surface area contributed by atoms with Gasteiger partial charge in [-0.3, -0.25) is 4.79 Å². The molecule has 0 spiro atoms. The van der Waals surface area contributed by atoms with Gasteiger partial charge in [-0.15, -0.1) is 0 Å². The molecule has 7 nitrogen and oxygen atoms in total. The average Bonchev–Trinajstić information content (AvgIpc) is 2.98. The van der Waals surface area contributed by atoms with Crippen LogP contribution in [-0.4, -0.2) is 49.3 Å². The van der Waals surface area contributed by atoms with E-state index in [1.54, 1.807) is 19.3 Å². The molecule has 3 rings (SSSR count). The van der Waals surface area contributed by atoms with Gasteiger partial charge in [0.1, 0.15) is 12.2 Å². The molecule has 1 saturated heterocycles. The average molecular weight is 360 g/mol. The van der Waals surface area contributed by atoms with Gasteiger partial charge < -0.3 is 9.80 Å². The Labute approximate surface area is 152 Å². The van der Waals surface area contributed by atoms with Gasteiger partial charge in [0.2, 0.25) is 11.0 Å². The molecule has 8 heteroatoms. The third-order valence-corrected chi connectivity index (χ3v) is 5.37. The highest BCUT2D eigenvalue weighted by atomic mass is 32.1. The normalized spacial score (nSPS) is 18.0. The van der Waals surface area contributed by atoms with E-state index in [0.717, 1.165) is 55.3 Å². The highest BCUT2D eigenvalue weighted by Crippen LogP contribution is 2.24. The van der Waals surface area contributed by atoms with E-state index in [1.165, 1.54) is 17.9 Å². The molecule has 1 aliphatic heterocycles. The molecule has 0 aliphatic carbocycles. The Morgan fingerprint density at radius 3 is 2.80 bits per heavy atom. The van der Waals surface area contributed by atoms with Gasteiger partial charge in [-0.25, -0.2) is 15.0 Å². The third-order valence-electron chi connectivity index (χ3n) is 4.55. The molecule has 2 aromatic heterocycles. The Bertz CT molecular complexity index is 691. The fourth-order valence-electron chi connectivity index (χ4n) is 3.20. The van der Waals surface area contributed by atoms with Gasteiger partial charge in [0.15, 0.2) is 0 Å². The Morgan fingerprint density at radius 2 is 2.12 bits per heavy atom. The number of hydrogen-bond acceptors (Lipinski definition) is 7. The van der Waals surface area contributed by atoms with Crippen LogP contribution in [0.15, 0.2) is 18.7 Å². The lowest BCUT2D eigenvalue weighted by molar-refractivity contribution is -0.132. The van der Waals surface area contributed by atoms with Gasteiger partial charge in [-0.05, 0) is 19.3 Å². The van der Waals surface area contributed by atoms with Crippen molar-refractivity contribution in [2.75, 3.05) is 18.0 Å². The maximum atomic E-state index is 12.2. The summed E-state index contributed by atoms with van der Waals surface area (Å²) in [6.45, 7) is 6.15. The first kappa shape index (κ1) is 17.7. The van der Waals surface area contributed by atoms with E-state index in [0.29, 0.717) is 6.54 Å². The summed E-state index contributed by atoms with van der Waals surface area (Å²) in [6.07, 6.45) is 8.92. The first-order valence-electron chi connectivity index (χ1n) is 8.76. The summed E-state index contributed by atoms with van der Waals surface area (Å²) in [5, 5.41) is 1.00. The number of aromatic nitrogens is 4. The van der Waals surface area contributed by atoms with Crippen LogP contribution in [0.3, 0.4) is 0 Å². The molecular weight excluding hydrogens is 336 g/mol. The molecule has 0 unspecified atom stereocenters. The molecule has 1 aliphatic rings. The van der Waals surface area contributed by atoms with Crippen LogP contribution >= 0.6 is 11.5 Å². The van der Waals surface area contributed by atoms with Crippen molar-refractivity contribution >= 4 is 22.6 Å². The van der Waals surface area contributed by atoms with E-state index in [2.05, 4.69) is 31.1 Å². The largest absolute Gasteiger partial charge is 0.347 e. The fraction of sp³-hybridized carbons (Fsp3) is 0.588.